The Bertz CT molecular complexity index is 415. The molecule has 0 bridgehead atoms. The van der Waals surface area contributed by atoms with Crippen LogP contribution in [0.15, 0.2) is 24.3 Å². The van der Waals surface area contributed by atoms with E-state index in [4.69, 9.17) is 0 Å². The van der Waals surface area contributed by atoms with Crippen molar-refractivity contribution in [3.05, 3.63) is 29.8 Å². The molecule has 1 heterocycles. The number of nitrogens with zero attached hydrogens (tertiary/aromatic N) is 1. The van der Waals surface area contributed by atoms with E-state index in [1.54, 1.807) is 0 Å². The summed E-state index contributed by atoms with van der Waals surface area (Å²) in [7, 11) is 0. The number of hydrogen-bond donors (Lipinski definition) is 2. The van der Waals surface area contributed by atoms with E-state index in [2.05, 4.69) is 22.5 Å². The fourth-order valence-corrected chi connectivity index (χ4v) is 2.12. The first kappa shape index (κ1) is 13.1. The minimum atomic E-state index is 0.0676. The Labute approximate surface area is 108 Å². The van der Waals surface area contributed by atoms with Crippen molar-refractivity contribution >= 4 is 11.6 Å². The maximum atomic E-state index is 12.0. The summed E-state index contributed by atoms with van der Waals surface area (Å²) in [6.07, 6.45) is 0. The average molecular weight is 247 g/mol. The van der Waals surface area contributed by atoms with Gasteiger partial charge in [0.15, 0.2) is 0 Å². The zero-order valence-corrected chi connectivity index (χ0v) is 11.1. The Kier molecular flexibility index (Phi) is 4.33. The number of likely N-dealkylation sites (N-methyl/N-ethyl adjacent to an activating group) is 1. The Hall–Kier alpha value is -1.39. The lowest BCUT2D eigenvalue weighted by Gasteiger charge is -2.37. The Morgan fingerprint density at radius 1 is 1.44 bits per heavy atom. The van der Waals surface area contributed by atoms with Crippen LogP contribution in [-0.4, -0.2) is 43.0 Å². The van der Waals surface area contributed by atoms with Crippen LogP contribution in [0, 0.1) is 6.92 Å². The number of anilines is 1. The fraction of sp³-hybridized carbons (Fsp3) is 0.500. The van der Waals surface area contributed by atoms with Crippen LogP contribution in [0.2, 0.25) is 0 Å². The molecule has 1 saturated heterocycles. The molecule has 0 atom stereocenters. The van der Waals surface area contributed by atoms with Gasteiger partial charge in [0, 0.05) is 24.8 Å². The number of nitrogens with one attached hydrogen (secondary N) is 2. The summed E-state index contributed by atoms with van der Waals surface area (Å²) in [6, 6.07) is 8.37. The minimum Gasteiger partial charge on any atom is -0.325 e. The Morgan fingerprint density at radius 3 is 2.72 bits per heavy atom. The molecule has 2 N–H and O–H groups in total. The summed E-state index contributed by atoms with van der Waals surface area (Å²) in [5.74, 6) is 0.0676. The summed E-state index contributed by atoms with van der Waals surface area (Å²) in [6.45, 7) is 7.46. The smallest absolute Gasteiger partial charge is 0.238 e. The van der Waals surface area contributed by atoms with E-state index in [0.29, 0.717) is 12.6 Å². The number of para-hydroxylation sites is 1. The lowest BCUT2D eigenvalue weighted by Crippen LogP contribution is -2.58. The van der Waals surface area contributed by atoms with E-state index < -0.39 is 0 Å². The largest absolute Gasteiger partial charge is 0.325 e. The van der Waals surface area contributed by atoms with Crippen LogP contribution < -0.4 is 10.6 Å². The van der Waals surface area contributed by atoms with Gasteiger partial charge >= 0.3 is 0 Å². The van der Waals surface area contributed by atoms with Crippen LogP contribution in [0.1, 0.15) is 12.5 Å². The van der Waals surface area contributed by atoms with Gasteiger partial charge in [-0.15, -0.1) is 0 Å². The molecule has 0 saturated carbocycles. The van der Waals surface area contributed by atoms with Gasteiger partial charge in [-0.3, -0.25) is 9.69 Å². The molecule has 2 rings (SSSR count). The maximum Gasteiger partial charge on any atom is 0.238 e. The molecule has 0 unspecified atom stereocenters. The monoisotopic (exact) mass is 247 g/mol. The molecule has 1 aromatic carbocycles. The van der Waals surface area contributed by atoms with Gasteiger partial charge in [-0.2, -0.15) is 0 Å². The number of carbonyl (C=O) groups excluding carboxylic acids is 1. The van der Waals surface area contributed by atoms with Gasteiger partial charge in [0.1, 0.15) is 0 Å². The standard InChI is InChI=1S/C14H21N3O/c1-3-17(12-8-15-9-12)10-14(18)16-13-7-5-4-6-11(13)2/h4-7,12,15H,3,8-10H2,1-2H3,(H,16,18). The SMILES string of the molecule is CCN(CC(=O)Nc1ccccc1C)C1CNC1. The topological polar surface area (TPSA) is 44.4 Å². The first-order valence-corrected chi connectivity index (χ1v) is 6.51. The minimum absolute atomic E-state index is 0.0676. The van der Waals surface area contributed by atoms with Crippen molar-refractivity contribution in [2.24, 2.45) is 0 Å². The molecule has 1 aromatic rings. The molecule has 0 aliphatic carbocycles. The summed E-state index contributed by atoms with van der Waals surface area (Å²) in [4.78, 5) is 14.2. The highest BCUT2D eigenvalue weighted by Gasteiger charge is 2.24. The molecule has 18 heavy (non-hydrogen) atoms. The van der Waals surface area contributed by atoms with Gasteiger partial charge in [-0.05, 0) is 25.1 Å². The molecular weight excluding hydrogens is 226 g/mol. The molecule has 0 aromatic heterocycles. The number of hydrogen-bond acceptors (Lipinski definition) is 3. The molecule has 1 aliphatic heterocycles. The second-order valence-corrected chi connectivity index (χ2v) is 4.74. The molecular formula is C14H21N3O. The zero-order chi connectivity index (χ0) is 13.0. The van der Waals surface area contributed by atoms with Crippen molar-refractivity contribution in [2.75, 3.05) is 31.5 Å². The van der Waals surface area contributed by atoms with Gasteiger partial charge in [0.25, 0.3) is 0 Å². The van der Waals surface area contributed by atoms with E-state index in [1.165, 1.54) is 0 Å². The number of benzene rings is 1. The third-order valence-corrected chi connectivity index (χ3v) is 3.45. The van der Waals surface area contributed by atoms with E-state index in [1.807, 2.05) is 31.2 Å². The lowest BCUT2D eigenvalue weighted by molar-refractivity contribution is -0.118. The van der Waals surface area contributed by atoms with Crippen LogP contribution >= 0.6 is 0 Å². The predicted octanol–water partition coefficient (Wildman–Crippen LogP) is 1.23. The summed E-state index contributed by atoms with van der Waals surface area (Å²) in [5, 5.41) is 6.21. The summed E-state index contributed by atoms with van der Waals surface area (Å²) < 4.78 is 0. The molecule has 4 nitrogen and oxygen atoms in total. The molecule has 4 heteroatoms. The predicted molar refractivity (Wildman–Crippen MR) is 73.7 cm³/mol. The first-order valence-electron chi connectivity index (χ1n) is 6.51. The maximum absolute atomic E-state index is 12.0. The summed E-state index contributed by atoms with van der Waals surface area (Å²) >= 11 is 0. The fourth-order valence-electron chi connectivity index (χ4n) is 2.12. The number of rotatable bonds is 5. The van der Waals surface area contributed by atoms with Gasteiger partial charge in [-0.1, -0.05) is 25.1 Å². The highest BCUT2D eigenvalue weighted by Crippen LogP contribution is 2.13. The second kappa shape index (κ2) is 5.98. The van der Waals surface area contributed by atoms with Crippen LogP contribution in [-0.2, 0) is 4.79 Å². The molecule has 1 amide bonds. The van der Waals surface area contributed by atoms with Crippen LogP contribution in [0.25, 0.3) is 0 Å². The third-order valence-electron chi connectivity index (χ3n) is 3.45. The Balaban J connectivity index is 1.89. The van der Waals surface area contributed by atoms with Crippen molar-refractivity contribution in [1.29, 1.82) is 0 Å². The Morgan fingerprint density at radius 2 is 2.17 bits per heavy atom. The molecule has 1 aliphatic rings. The average Bonchev–Trinajstić information content (AvgIpc) is 2.29. The van der Waals surface area contributed by atoms with Crippen LogP contribution in [0.5, 0.6) is 0 Å². The molecule has 0 radical (unpaired) electrons. The number of amides is 1. The van der Waals surface area contributed by atoms with Gasteiger partial charge in [0.05, 0.1) is 6.54 Å². The number of carbonyl (C=O) groups is 1. The van der Waals surface area contributed by atoms with E-state index in [-0.39, 0.29) is 5.91 Å². The van der Waals surface area contributed by atoms with Crippen molar-refractivity contribution in [3.63, 3.8) is 0 Å². The van der Waals surface area contributed by atoms with Crippen molar-refractivity contribution in [2.45, 2.75) is 19.9 Å². The quantitative estimate of drug-likeness (QED) is 0.822. The lowest BCUT2D eigenvalue weighted by atomic mass is 10.1. The van der Waals surface area contributed by atoms with Crippen LogP contribution in [0.3, 0.4) is 0 Å². The van der Waals surface area contributed by atoms with E-state index in [0.717, 1.165) is 30.9 Å². The van der Waals surface area contributed by atoms with Gasteiger partial charge in [-0.25, -0.2) is 0 Å². The molecule has 98 valence electrons. The summed E-state index contributed by atoms with van der Waals surface area (Å²) in [5.41, 5.74) is 2.00. The second-order valence-electron chi connectivity index (χ2n) is 4.74. The van der Waals surface area contributed by atoms with Crippen molar-refractivity contribution in [3.8, 4) is 0 Å². The van der Waals surface area contributed by atoms with Crippen LogP contribution in [0.4, 0.5) is 5.69 Å². The van der Waals surface area contributed by atoms with Crippen molar-refractivity contribution < 1.29 is 4.79 Å². The van der Waals surface area contributed by atoms with Gasteiger partial charge in [0.2, 0.25) is 5.91 Å². The normalized spacial score (nSPS) is 15.5. The third kappa shape index (κ3) is 3.09. The van der Waals surface area contributed by atoms with Gasteiger partial charge < -0.3 is 10.6 Å². The zero-order valence-electron chi connectivity index (χ0n) is 11.1. The highest BCUT2D eigenvalue weighted by molar-refractivity contribution is 5.92. The number of aryl methyl sites for hydroxylation is 1. The molecule has 1 fully saturated rings. The van der Waals surface area contributed by atoms with E-state index in [9.17, 15) is 4.79 Å². The highest BCUT2D eigenvalue weighted by atomic mass is 16.2. The first-order chi connectivity index (χ1) is 8.70. The molecule has 0 spiro atoms. The van der Waals surface area contributed by atoms with Crippen molar-refractivity contribution in [1.82, 2.24) is 10.2 Å². The van der Waals surface area contributed by atoms with E-state index >= 15 is 0 Å².